The second-order valence-electron chi connectivity index (χ2n) is 6.22. The molecular formula is C21H20Cl2N2O. The maximum Gasteiger partial charge on any atom is 0.251 e. The Bertz CT molecular complexity index is 959. The Labute approximate surface area is 163 Å². The van der Waals surface area contributed by atoms with Crippen molar-refractivity contribution in [2.24, 2.45) is 5.73 Å². The maximum atomic E-state index is 12.2. The van der Waals surface area contributed by atoms with E-state index in [2.05, 4.69) is 11.5 Å². The molecule has 0 aliphatic heterocycles. The number of hydrogen-bond donors (Lipinski definition) is 1. The van der Waals surface area contributed by atoms with Gasteiger partial charge in [0, 0.05) is 33.5 Å². The van der Waals surface area contributed by atoms with Crippen LogP contribution < -0.4 is 5.73 Å². The molecule has 2 aromatic carbocycles. The summed E-state index contributed by atoms with van der Waals surface area (Å²) in [6.07, 6.45) is 0.770. The van der Waals surface area contributed by atoms with Gasteiger partial charge in [-0.25, -0.2) is 0 Å². The van der Waals surface area contributed by atoms with E-state index >= 15 is 0 Å². The molecule has 5 heteroatoms. The second kappa shape index (κ2) is 7.56. The first-order chi connectivity index (χ1) is 12.4. The van der Waals surface area contributed by atoms with Crippen molar-refractivity contribution in [1.82, 2.24) is 4.57 Å². The van der Waals surface area contributed by atoms with E-state index in [4.69, 9.17) is 28.9 Å². The van der Waals surface area contributed by atoms with Crippen LogP contribution in [-0.2, 0) is 13.0 Å². The van der Waals surface area contributed by atoms with Crippen molar-refractivity contribution in [3.8, 4) is 11.1 Å². The van der Waals surface area contributed by atoms with Crippen LogP contribution in [0.4, 0.5) is 0 Å². The Hall–Kier alpha value is -2.23. The fourth-order valence-electron chi connectivity index (χ4n) is 3.43. The van der Waals surface area contributed by atoms with E-state index in [1.54, 1.807) is 0 Å². The van der Waals surface area contributed by atoms with Crippen LogP contribution in [0.5, 0.6) is 0 Å². The number of amides is 1. The smallest absolute Gasteiger partial charge is 0.251 e. The molecule has 0 saturated carbocycles. The zero-order valence-corrected chi connectivity index (χ0v) is 16.2. The number of rotatable bonds is 5. The van der Waals surface area contributed by atoms with Crippen molar-refractivity contribution in [2.75, 3.05) is 0 Å². The van der Waals surface area contributed by atoms with Crippen LogP contribution in [0.1, 0.15) is 34.2 Å². The third-order valence-electron chi connectivity index (χ3n) is 4.57. The Kier molecular flexibility index (Phi) is 5.40. The van der Waals surface area contributed by atoms with E-state index in [-0.39, 0.29) is 0 Å². The molecule has 26 heavy (non-hydrogen) atoms. The van der Waals surface area contributed by atoms with Gasteiger partial charge in [-0.1, -0.05) is 54.4 Å². The number of carbonyl (C=O) groups excluding carboxylic acids is 1. The van der Waals surface area contributed by atoms with E-state index in [1.807, 2.05) is 55.5 Å². The molecule has 0 atom stereocenters. The Balaban J connectivity index is 2.20. The van der Waals surface area contributed by atoms with Gasteiger partial charge in [-0.3, -0.25) is 4.79 Å². The van der Waals surface area contributed by atoms with Gasteiger partial charge in [0.1, 0.15) is 0 Å². The molecule has 3 rings (SSSR count). The first-order valence-electron chi connectivity index (χ1n) is 8.44. The number of carbonyl (C=O) groups is 1. The highest BCUT2D eigenvalue weighted by molar-refractivity contribution is 6.30. The molecule has 2 N–H and O–H groups in total. The highest BCUT2D eigenvalue weighted by Crippen LogP contribution is 2.34. The summed E-state index contributed by atoms with van der Waals surface area (Å²) in [5.41, 5.74) is 11.1. The summed E-state index contributed by atoms with van der Waals surface area (Å²) in [4.78, 5) is 12.2. The van der Waals surface area contributed by atoms with Gasteiger partial charge in [0.25, 0.3) is 5.91 Å². The van der Waals surface area contributed by atoms with Gasteiger partial charge in [-0.05, 0) is 48.7 Å². The molecule has 3 aromatic rings. The minimum absolute atomic E-state index is 0.424. The summed E-state index contributed by atoms with van der Waals surface area (Å²) in [5.74, 6) is -0.424. The SMILES string of the molecule is CCc1c(-c2ccc(Cl)cc2)c(C(N)=O)c(C)n1Cc1cccc(Cl)c1. The van der Waals surface area contributed by atoms with Crippen LogP contribution in [-0.4, -0.2) is 10.5 Å². The minimum Gasteiger partial charge on any atom is -0.366 e. The monoisotopic (exact) mass is 386 g/mol. The molecule has 1 heterocycles. The zero-order valence-electron chi connectivity index (χ0n) is 14.7. The van der Waals surface area contributed by atoms with E-state index in [0.29, 0.717) is 22.2 Å². The van der Waals surface area contributed by atoms with Crippen molar-refractivity contribution in [3.05, 3.63) is 81.1 Å². The van der Waals surface area contributed by atoms with Gasteiger partial charge in [-0.15, -0.1) is 0 Å². The molecule has 0 unspecified atom stereocenters. The molecule has 0 radical (unpaired) electrons. The summed E-state index contributed by atoms with van der Waals surface area (Å²) in [6, 6.07) is 15.2. The van der Waals surface area contributed by atoms with Gasteiger partial charge >= 0.3 is 0 Å². The third kappa shape index (κ3) is 3.50. The van der Waals surface area contributed by atoms with Gasteiger partial charge in [-0.2, -0.15) is 0 Å². The van der Waals surface area contributed by atoms with E-state index in [9.17, 15) is 4.79 Å². The molecule has 0 saturated heterocycles. The molecule has 1 amide bonds. The van der Waals surface area contributed by atoms with Crippen molar-refractivity contribution in [1.29, 1.82) is 0 Å². The van der Waals surface area contributed by atoms with Gasteiger partial charge in [0.05, 0.1) is 5.56 Å². The first kappa shape index (κ1) is 18.6. The molecule has 134 valence electrons. The van der Waals surface area contributed by atoms with Crippen LogP contribution in [0, 0.1) is 6.92 Å². The molecule has 0 aliphatic carbocycles. The second-order valence-corrected chi connectivity index (χ2v) is 7.10. The number of nitrogens with two attached hydrogens (primary N) is 1. The zero-order chi connectivity index (χ0) is 18.8. The summed E-state index contributed by atoms with van der Waals surface area (Å²) in [5, 5.41) is 1.35. The largest absolute Gasteiger partial charge is 0.366 e. The maximum absolute atomic E-state index is 12.2. The molecule has 3 nitrogen and oxygen atoms in total. The first-order valence-corrected chi connectivity index (χ1v) is 9.20. The van der Waals surface area contributed by atoms with Crippen molar-refractivity contribution >= 4 is 29.1 Å². The van der Waals surface area contributed by atoms with Gasteiger partial charge in [0.15, 0.2) is 0 Å². The van der Waals surface area contributed by atoms with E-state index in [0.717, 1.165) is 34.5 Å². The lowest BCUT2D eigenvalue weighted by Crippen LogP contribution is -2.13. The Morgan fingerprint density at radius 1 is 1.08 bits per heavy atom. The minimum atomic E-state index is -0.424. The molecule has 0 spiro atoms. The van der Waals surface area contributed by atoms with Crippen molar-refractivity contribution in [2.45, 2.75) is 26.8 Å². The standard InChI is InChI=1S/C21H20Cl2N2O/c1-3-18-20(15-7-9-16(22)10-8-15)19(21(24)26)13(2)25(18)12-14-5-4-6-17(23)11-14/h4-11H,3,12H2,1-2H3,(H2,24,26). The predicted octanol–water partition coefficient (Wildman–Crippen LogP) is 5.48. The molecular weight excluding hydrogens is 367 g/mol. The molecule has 1 aromatic heterocycles. The van der Waals surface area contributed by atoms with Gasteiger partial charge in [0.2, 0.25) is 0 Å². The summed E-state index contributed by atoms with van der Waals surface area (Å²) >= 11 is 12.2. The number of nitrogens with zero attached hydrogens (tertiary/aromatic N) is 1. The highest BCUT2D eigenvalue weighted by Gasteiger charge is 2.24. The quantitative estimate of drug-likeness (QED) is 0.619. The molecule has 0 fully saturated rings. The average molecular weight is 387 g/mol. The van der Waals surface area contributed by atoms with Crippen LogP contribution >= 0.6 is 23.2 Å². The van der Waals surface area contributed by atoms with E-state index in [1.165, 1.54) is 0 Å². The Morgan fingerprint density at radius 2 is 1.77 bits per heavy atom. The predicted molar refractivity (Wildman–Crippen MR) is 108 cm³/mol. The lowest BCUT2D eigenvalue weighted by Gasteiger charge is -2.12. The lowest BCUT2D eigenvalue weighted by atomic mass is 9.99. The van der Waals surface area contributed by atoms with Crippen LogP contribution in [0.3, 0.4) is 0 Å². The summed E-state index contributed by atoms with van der Waals surface area (Å²) < 4.78 is 2.15. The van der Waals surface area contributed by atoms with Gasteiger partial charge < -0.3 is 10.3 Å². The van der Waals surface area contributed by atoms with Crippen molar-refractivity contribution < 1.29 is 4.79 Å². The summed E-state index contributed by atoms with van der Waals surface area (Å²) in [6.45, 7) is 4.64. The summed E-state index contributed by atoms with van der Waals surface area (Å²) in [7, 11) is 0. The lowest BCUT2D eigenvalue weighted by molar-refractivity contribution is 0.1000. The molecule has 0 bridgehead atoms. The average Bonchev–Trinajstić information content (AvgIpc) is 2.88. The van der Waals surface area contributed by atoms with E-state index < -0.39 is 5.91 Å². The van der Waals surface area contributed by atoms with Crippen molar-refractivity contribution in [3.63, 3.8) is 0 Å². The number of hydrogen-bond acceptors (Lipinski definition) is 1. The number of halogens is 2. The third-order valence-corrected chi connectivity index (χ3v) is 5.06. The number of benzene rings is 2. The van der Waals surface area contributed by atoms with Crippen LogP contribution in [0.15, 0.2) is 48.5 Å². The fourth-order valence-corrected chi connectivity index (χ4v) is 3.76. The highest BCUT2D eigenvalue weighted by atomic mass is 35.5. The van der Waals surface area contributed by atoms with Crippen LogP contribution in [0.2, 0.25) is 10.0 Å². The fraction of sp³-hybridized carbons (Fsp3) is 0.190. The topological polar surface area (TPSA) is 48.0 Å². The number of aromatic nitrogens is 1. The number of primary amides is 1. The normalized spacial score (nSPS) is 10.9. The molecule has 0 aliphatic rings. The van der Waals surface area contributed by atoms with Crippen LogP contribution in [0.25, 0.3) is 11.1 Å². The Morgan fingerprint density at radius 3 is 2.35 bits per heavy atom.